The van der Waals surface area contributed by atoms with Crippen LogP contribution in [0.25, 0.3) is 0 Å². The van der Waals surface area contributed by atoms with Crippen molar-refractivity contribution in [3.8, 4) is 0 Å². The van der Waals surface area contributed by atoms with Crippen LogP contribution >= 0.6 is 0 Å². The van der Waals surface area contributed by atoms with Gasteiger partial charge in [0.1, 0.15) is 0 Å². The lowest BCUT2D eigenvalue weighted by molar-refractivity contribution is -0.886. The van der Waals surface area contributed by atoms with Crippen molar-refractivity contribution in [1.82, 2.24) is 0 Å². The van der Waals surface area contributed by atoms with Crippen molar-refractivity contribution in [2.24, 2.45) is 0 Å². The van der Waals surface area contributed by atoms with Gasteiger partial charge in [-0.2, -0.15) is 0 Å². The summed E-state index contributed by atoms with van der Waals surface area (Å²) in [6, 6.07) is 8.36. The first kappa shape index (κ1) is 13.9. The van der Waals surface area contributed by atoms with Gasteiger partial charge in [0.2, 0.25) is 5.94 Å². The minimum absolute atomic E-state index is 0.706. The van der Waals surface area contributed by atoms with Crippen LogP contribution < -0.4 is 4.90 Å². The summed E-state index contributed by atoms with van der Waals surface area (Å²) in [4.78, 5) is 13.8. The summed E-state index contributed by atoms with van der Waals surface area (Å²) >= 11 is 0. The van der Waals surface area contributed by atoms with E-state index in [9.17, 15) is 4.79 Å². The van der Waals surface area contributed by atoms with E-state index in [1.807, 2.05) is 6.07 Å². The fourth-order valence-corrected chi connectivity index (χ4v) is 3.09. The molecule has 19 heavy (non-hydrogen) atoms. The molecule has 0 bridgehead atoms. The molecule has 0 saturated carbocycles. The summed E-state index contributed by atoms with van der Waals surface area (Å²) < 4.78 is 0.706. The highest BCUT2D eigenvalue weighted by atomic mass is 16.1. The van der Waals surface area contributed by atoms with Crippen molar-refractivity contribution >= 4 is 11.6 Å². The lowest BCUT2D eigenvalue weighted by Crippen LogP contribution is -2.52. The van der Waals surface area contributed by atoms with E-state index in [-0.39, 0.29) is 0 Å². The van der Waals surface area contributed by atoms with E-state index in [0.29, 0.717) is 4.48 Å². The van der Waals surface area contributed by atoms with Gasteiger partial charge >= 0.3 is 0 Å². The number of para-hydroxylation sites is 1. The molecule has 0 spiro atoms. The van der Waals surface area contributed by atoms with Gasteiger partial charge in [-0.15, -0.1) is 0 Å². The average Bonchev–Trinajstić information content (AvgIpc) is 2.89. The number of nitrogens with zero attached hydrogens (tertiary/aromatic N) is 2. The molecular weight excluding hydrogens is 236 g/mol. The largest absolute Gasteiger partial charge is 0.294 e. The molecule has 3 nitrogen and oxygen atoms in total. The highest BCUT2D eigenvalue weighted by Gasteiger charge is 2.36. The van der Waals surface area contributed by atoms with Crippen molar-refractivity contribution < 1.29 is 9.28 Å². The number of benzene rings is 1. The lowest BCUT2D eigenvalue weighted by atomic mass is 10.2. The predicted molar refractivity (Wildman–Crippen MR) is 78.6 cm³/mol. The molecule has 0 unspecified atom stereocenters. The van der Waals surface area contributed by atoms with Crippen LogP contribution in [0, 0.1) is 0 Å². The second-order valence-electron chi connectivity index (χ2n) is 5.05. The topological polar surface area (TPSA) is 20.3 Å². The smallest absolute Gasteiger partial charge is 0.287 e. The zero-order valence-electron chi connectivity index (χ0n) is 12.1. The fourth-order valence-electron chi connectivity index (χ4n) is 3.09. The number of rotatable bonds is 5. The monoisotopic (exact) mass is 259 g/mol. The number of fused-ring (bicyclic) bond motifs is 1. The summed E-state index contributed by atoms with van der Waals surface area (Å²) in [5.41, 5.74) is 2.51. The van der Waals surface area contributed by atoms with Crippen LogP contribution in [0.3, 0.4) is 0 Å². The molecule has 0 fully saturated rings. The van der Waals surface area contributed by atoms with Crippen molar-refractivity contribution in [2.45, 2.75) is 27.2 Å². The van der Waals surface area contributed by atoms with Gasteiger partial charge in [-0.05, 0) is 38.8 Å². The summed E-state index contributed by atoms with van der Waals surface area (Å²) in [6.07, 6.45) is 1.01. The molecule has 1 aromatic rings. The third-order valence-electron chi connectivity index (χ3n) is 4.50. The Balaban J connectivity index is 2.43. The first-order chi connectivity index (χ1) is 9.22. The van der Waals surface area contributed by atoms with Crippen LogP contribution in [0.1, 0.15) is 26.3 Å². The molecule has 0 saturated heterocycles. The molecule has 1 aromatic carbocycles. The maximum absolute atomic E-state index is 11.6. The summed E-state index contributed by atoms with van der Waals surface area (Å²) in [5.74, 6) is 3.03. The van der Waals surface area contributed by atoms with Crippen molar-refractivity contribution in [2.75, 3.05) is 31.1 Å². The zero-order chi connectivity index (χ0) is 13.9. The predicted octanol–water partition coefficient (Wildman–Crippen LogP) is 2.60. The molecule has 1 aliphatic rings. The molecule has 1 heterocycles. The van der Waals surface area contributed by atoms with Gasteiger partial charge in [0.05, 0.1) is 19.6 Å². The van der Waals surface area contributed by atoms with E-state index >= 15 is 0 Å². The van der Waals surface area contributed by atoms with Crippen molar-refractivity contribution in [3.63, 3.8) is 0 Å². The molecule has 2 rings (SSSR count). The standard InChI is InChI=1S/C16H23N2O/c1-4-18(5-2,6-3)16(13-19)17-12-11-14-9-7-8-10-15(14)17/h7-10H,4-6,11-12H2,1-3H3/q+1. The Morgan fingerprint density at radius 1 is 1.21 bits per heavy atom. The Morgan fingerprint density at radius 3 is 2.42 bits per heavy atom. The number of hydrogen-bond donors (Lipinski definition) is 0. The Morgan fingerprint density at radius 2 is 1.84 bits per heavy atom. The molecule has 1 aliphatic heterocycles. The summed E-state index contributed by atoms with van der Waals surface area (Å²) in [6.45, 7) is 10.1. The second kappa shape index (κ2) is 5.60. The van der Waals surface area contributed by atoms with Gasteiger partial charge in [0.15, 0.2) is 0 Å². The SMILES string of the molecule is CC[N+](CC)(CC)C(=C=O)N1CCc2ccccc21. The highest BCUT2D eigenvalue weighted by molar-refractivity contribution is 5.67. The van der Waals surface area contributed by atoms with E-state index in [4.69, 9.17) is 0 Å². The van der Waals surface area contributed by atoms with Crippen LogP contribution in [0.4, 0.5) is 5.69 Å². The van der Waals surface area contributed by atoms with E-state index in [2.05, 4.69) is 49.8 Å². The Hall–Kier alpha value is -1.57. The lowest BCUT2D eigenvalue weighted by Gasteiger charge is -2.38. The molecular formula is C16H23N2O+. The number of carbonyl (C=O) groups excluding carboxylic acids is 1. The number of hydrogen-bond acceptors (Lipinski definition) is 2. The van der Waals surface area contributed by atoms with Gasteiger partial charge in [-0.1, -0.05) is 18.2 Å². The van der Waals surface area contributed by atoms with E-state index < -0.39 is 0 Å². The molecule has 0 aliphatic carbocycles. The third-order valence-corrected chi connectivity index (χ3v) is 4.50. The molecule has 0 amide bonds. The van der Waals surface area contributed by atoms with Crippen LogP contribution in [-0.4, -0.2) is 36.6 Å². The van der Waals surface area contributed by atoms with E-state index in [0.717, 1.165) is 38.4 Å². The van der Waals surface area contributed by atoms with Gasteiger partial charge in [-0.3, -0.25) is 9.38 Å². The van der Waals surface area contributed by atoms with Crippen LogP contribution in [0.15, 0.2) is 30.1 Å². The van der Waals surface area contributed by atoms with Gasteiger partial charge < -0.3 is 0 Å². The Kier molecular flexibility index (Phi) is 4.08. The van der Waals surface area contributed by atoms with E-state index in [1.165, 1.54) is 11.3 Å². The second-order valence-corrected chi connectivity index (χ2v) is 5.05. The van der Waals surface area contributed by atoms with Crippen LogP contribution in [0.2, 0.25) is 0 Å². The summed E-state index contributed by atoms with van der Waals surface area (Å²) in [5, 5.41) is 0. The van der Waals surface area contributed by atoms with Crippen molar-refractivity contribution in [3.05, 3.63) is 35.6 Å². The van der Waals surface area contributed by atoms with Crippen LogP contribution in [0.5, 0.6) is 0 Å². The van der Waals surface area contributed by atoms with E-state index in [1.54, 1.807) is 0 Å². The molecule has 0 aromatic heterocycles. The fraction of sp³-hybridized carbons (Fsp3) is 0.500. The van der Waals surface area contributed by atoms with Crippen molar-refractivity contribution in [1.29, 1.82) is 0 Å². The zero-order valence-corrected chi connectivity index (χ0v) is 12.1. The highest BCUT2D eigenvalue weighted by Crippen LogP contribution is 2.33. The first-order valence-corrected chi connectivity index (χ1v) is 7.19. The van der Waals surface area contributed by atoms with Gasteiger partial charge in [-0.25, -0.2) is 4.79 Å². The minimum Gasteiger partial charge on any atom is -0.287 e. The molecule has 0 N–H and O–H groups in total. The van der Waals surface area contributed by atoms with Gasteiger partial charge in [0.25, 0.3) is 5.82 Å². The number of anilines is 1. The molecule has 0 radical (unpaired) electrons. The number of quaternary nitrogens is 1. The maximum atomic E-state index is 11.6. The first-order valence-electron chi connectivity index (χ1n) is 7.19. The van der Waals surface area contributed by atoms with Gasteiger partial charge in [0, 0.05) is 12.2 Å². The normalized spacial score (nSPS) is 14.2. The quantitative estimate of drug-likeness (QED) is 0.598. The average molecular weight is 259 g/mol. The Bertz CT molecular complexity index is 491. The minimum atomic E-state index is 0.706. The molecule has 0 atom stereocenters. The van der Waals surface area contributed by atoms with Crippen LogP contribution in [-0.2, 0) is 11.2 Å². The Labute approximate surface area is 115 Å². The third kappa shape index (κ3) is 2.20. The maximum Gasteiger partial charge on any atom is 0.294 e. The summed E-state index contributed by atoms with van der Waals surface area (Å²) in [7, 11) is 0. The molecule has 3 heteroatoms. The molecule has 102 valence electrons.